The number of nitrogens with zero attached hydrogens (tertiary/aromatic N) is 3. The number of anilines is 1. The first-order valence-corrected chi connectivity index (χ1v) is 9.50. The predicted octanol–water partition coefficient (Wildman–Crippen LogP) is 4.24. The second-order valence-electron chi connectivity index (χ2n) is 6.28. The van der Waals surface area contributed by atoms with Crippen LogP contribution in [0, 0.1) is 0 Å². The third-order valence-corrected chi connectivity index (χ3v) is 5.77. The molecule has 0 saturated carbocycles. The van der Waals surface area contributed by atoms with Gasteiger partial charge in [0.15, 0.2) is 0 Å². The summed E-state index contributed by atoms with van der Waals surface area (Å²) in [5.74, 6) is -0.0516. The SMILES string of the molecule is O=C(Nc1ccccc1-n1cncn1)c1cc2c(s1)CCCCCC2. The molecule has 1 aromatic carbocycles. The van der Waals surface area contributed by atoms with E-state index in [1.165, 1.54) is 42.5 Å². The van der Waals surface area contributed by atoms with Gasteiger partial charge < -0.3 is 5.32 Å². The number of aromatic nitrogens is 3. The van der Waals surface area contributed by atoms with Crippen molar-refractivity contribution in [1.29, 1.82) is 0 Å². The van der Waals surface area contributed by atoms with Gasteiger partial charge in [0.2, 0.25) is 0 Å². The lowest BCUT2D eigenvalue weighted by Crippen LogP contribution is -2.12. The number of fused-ring (bicyclic) bond motifs is 1. The first-order valence-electron chi connectivity index (χ1n) is 8.68. The van der Waals surface area contributed by atoms with Crippen LogP contribution in [0.4, 0.5) is 5.69 Å². The molecule has 2 aromatic heterocycles. The first kappa shape index (κ1) is 16.0. The van der Waals surface area contributed by atoms with Crippen LogP contribution >= 0.6 is 11.3 Å². The molecule has 0 saturated heterocycles. The molecular weight excluding hydrogens is 332 g/mol. The van der Waals surface area contributed by atoms with E-state index in [9.17, 15) is 4.79 Å². The van der Waals surface area contributed by atoms with Gasteiger partial charge in [-0.05, 0) is 49.4 Å². The summed E-state index contributed by atoms with van der Waals surface area (Å²) in [6.45, 7) is 0. The number of rotatable bonds is 3. The summed E-state index contributed by atoms with van der Waals surface area (Å²) in [6, 6.07) is 9.71. The number of nitrogens with one attached hydrogen (secondary N) is 1. The minimum atomic E-state index is -0.0516. The molecule has 6 heteroatoms. The minimum Gasteiger partial charge on any atom is -0.319 e. The Morgan fingerprint density at radius 2 is 1.96 bits per heavy atom. The number of para-hydroxylation sites is 2. The van der Waals surface area contributed by atoms with E-state index in [0.29, 0.717) is 0 Å². The Hall–Kier alpha value is -2.47. The molecule has 0 aliphatic heterocycles. The number of amides is 1. The minimum absolute atomic E-state index is 0.0516. The average Bonchev–Trinajstić information content (AvgIpc) is 3.25. The topological polar surface area (TPSA) is 59.8 Å². The van der Waals surface area contributed by atoms with Gasteiger partial charge in [-0.2, -0.15) is 5.10 Å². The molecule has 0 atom stereocenters. The summed E-state index contributed by atoms with van der Waals surface area (Å²) in [5, 5.41) is 7.20. The maximum absolute atomic E-state index is 12.8. The van der Waals surface area contributed by atoms with Crippen molar-refractivity contribution in [2.75, 3.05) is 5.32 Å². The highest BCUT2D eigenvalue weighted by Gasteiger charge is 2.17. The summed E-state index contributed by atoms with van der Waals surface area (Å²) >= 11 is 1.64. The van der Waals surface area contributed by atoms with Crippen LogP contribution in [-0.2, 0) is 12.8 Å². The lowest BCUT2D eigenvalue weighted by Gasteiger charge is -2.09. The van der Waals surface area contributed by atoms with Gasteiger partial charge in [-0.3, -0.25) is 4.79 Å². The number of hydrogen-bond acceptors (Lipinski definition) is 4. The smallest absolute Gasteiger partial charge is 0.265 e. The molecule has 1 amide bonds. The number of aryl methyl sites for hydroxylation is 2. The van der Waals surface area contributed by atoms with Crippen LogP contribution in [-0.4, -0.2) is 20.7 Å². The Labute approximate surface area is 150 Å². The molecular formula is C19H20N4OS. The Morgan fingerprint density at radius 3 is 2.80 bits per heavy atom. The summed E-state index contributed by atoms with van der Waals surface area (Å²) in [5.41, 5.74) is 2.90. The van der Waals surface area contributed by atoms with Gasteiger partial charge in [-0.15, -0.1) is 11.3 Å². The quantitative estimate of drug-likeness (QED) is 0.767. The van der Waals surface area contributed by atoms with Gasteiger partial charge in [-0.25, -0.2) is 9.67 Å². The molecule has 0 spiro atoms. The maximum atomic E-state index is 12.8. The van der Waals surface area contributed by atoms with Crippen LogP contribution in [0.25, 0.3) is 5.69 Å². The highest BCUT2D eigenvalue weighted by atomic mass is 32.1. The summed E-state index contributed by atoms with van der Waals surface area (Å²) in [7, 11) is 0. The lowest BCUT2D eigenvalue weighted by atomic mass is 10.00. The van der Waals surface area contributed by atoms with Crippen molar-refractivity contribution in [2.24, 2.45) is 0 Å². The van der Waals surface area contributed by atoms with Crippen molar-refractivity contribution in [3.63, 3.8) is 0 Å². The molecule has 5 nitrogen and oxygen atoms in total. The average molecular weight is 352 g/mol. The second kappa shape index (κ2) is 7.19. The Bertz CT molecular complexity index is 844. The van der Waals surface area contributed by atoms with Gasteiger partial charge in [0.05, 0.1) is 16.3 Å². The van der Waals surface area contributed by atoms with Crippen molar-refractivity contribution in [3.05, 3.63) is 58.3 Å². The molecule has 128 valence electrons. The molecule has 3 aromatic rings. The highest BCUT2D eigenvalue weighted by Crippen LogP contribution is 2.29. The fourth-order valence-electron chi connectivity index (χ4n) is 3.25. The largest absolute Gasteiger partial charge is 0.319 e. The number of benzene rings is 1. The standard InChI is InChI=1S/C19H20N4OS/c24-19(18-11-14-7-3-1-2-4-10-17(14)25-18)22-15-8-5-6-9-16(15)23-13-20-12-21-23/h5-6,8-9,11-13H,1-4,7,10H2,(H,22,24). The van der Waals surface area contributed by atoms with Crippen molar-refractivity contribution < 1.29 is 4.79 Å². The van der Waals surface area contributed by atoms with E-state index in [1.54, 1.807) is 22.3 Å². The Morgan fingerprint density at radius 1 is 1.12 bits per heavy atom. The van der Waals surface area contributed by atoms with E-state index in [4.69, 9.17) is 0 Å². The van der Waals surface area contributed by atoms with Crippen LogP contribution in [0.5, 0.6) is 0 Å². The zero-order valence-corrected chi connectivity index (χ0v) is 14.8. The maximum Gasteiger partial charge on any atom is 0.265 e. The van der Waals surface area contributed by atoms with Crippen LogP contribution in [0.15, 0.2) is 43.0 Å². The molecule has 0 radical (unpaired) electrons. The van der Waals surface area contributed by atoms with Gasteiger partial charge >= 0.3 is 0 Å². The normalized spacial score (nSPS) is 14.4. The Balaban J connectivity index is 1.58. The van der Waals surface area contributed by atoms with E-state index in [-0.39, 0.29) is 5.91 Å². The van der Waals surface area contributed by atoms with E-state index in [0.717, 1.165) is 29.1 Å². The number of carbonyl (C=O) groups is 1. The Kier molecular flexibility index (Phi) is 4.61. The third kappa shape index (κ3) is 3.49. The molecule has 0 unspecified atom stereocenters. The van der Waals surface area contributed by atoms with Crippen LogP contribution < -0.4 is 5.32 Å². The van der Waals surface area contributed by atoms with E-state index >= 15 is 0 Å². The summed E-state index contributed by atoms with van der Waals surface area (Å²) < 4.78 is 1.66. The zero-order valence-electron chi connectivity index (χ0n) is 13.9. The zero-order chi connectivity index (χ0) is 17.1. The first-order chi connectivity index (χ1) is 12.3. The van der Waals surface area contributed by atoms with Crippen molar-refractivity contribution in [1.82, 2.24) is 14.8 Å². The highest BCUT2D eigenvalue weighted by molar-refractivity contribution is 7.14. The van der Waals surface area contributed by atoms with Gasteiger partial charge in [0.25, 0.3) is 5.91 Å². The lowest BCUT2D eigenvalue weighted by molar-refractivity contribution is 0.103. The number of hydrogen-bond donors (Lipinski definition) is 1. The molecule has 0 bridgehead atoms. The van der Waals surface area contributed by atoms with E-state index in [2.05, 4.69) is 21.5 Å². The van der Waals surface area contributed by atoms with Crippen LogP contribution in [0.2, 0.25) is 0 Å². The fourth-order valence-corrected chi connectivity index (χ4v) is 4.40. The van der Waals surface area contributed by atoms with Crippen LogP contribution in [0.3, 0.4) is 0 Å². The third-order valence-electron chi connectivity index (χ3n) is 4.54. The molecule has 2 heterocycles. The van der Waals surface area contributed by atoms with Gasteiger partial charge in [0, 0.05) is 4.88 Å². The number of thiophene rings is 1. The van der Waals surface area contributed by atoms with Crippen LogP contribution in [0.1, 0.15) is 45.8 Å². The second-order valence-corrected chi connectivity index (χ2v) is 7.42. The molecule has 1 N–H and O–H groups in total. The van der Waals surface area contributed by atoms with Gasteiger partial charge in [-0.1, -0.05) is 25.0 Å². The van der Waals surface area contributed by atoms with E-state index in [1.807, 2.05) is 24.3 Å². The monoisotopic (exact) mass is 352 g/mol. The molecule has 1 aliphatic carbocycles. The molecule has 25 heavy (non-hydrogen) atoms. The predicted molar refractivity (Wildman–Crippen MR) is 99.5 cm³/mol. The van der Waals surface area contributed by atoms with Crippen molar-refractivity contribution in [3.8, 4) is 5.69 Å². The molecule has 1 aliphatic rings. The number of carbonyl (C=O) groups excluding carboxylic acids is 1. The summed E-state index contributed by atoms with van der Waals surface area (Å²) in [4.78, 5) is 18.9. The van der Waals surface area contributed by atoms with E-state index < -0.39 is 0 Å². The summed E-state index contributed by atoms with van der Waals surface area (Å²) in [6.07, 6.45) is 10.3. The fraction of sp³-hybridized carbons (Fsp3) is 0.316. The molecule has 4 rings (SSSR count). The van der Waals surface area contributed by atoms with Crippen molar-refractivity contribution >= 4 is 22.9 Å². The molecule has 0 fully saturated rings. The van der Waals surface area contributed by atoms with Crippen molar-refractivity contribution in [2.45, 2.75) is 38.5 Å². The van der Waals surface area contributed by atoms with Gasteiger partial charge in [0.1, 0.15) is 12.7 Å².